The molecule has 4 nitrogen and oxygen atoms in total. The Hall–Kier alpha value is -1.32. The van der Waals surface area contributed by atoms with Crippen LogP contribution < -0.4 is 5.73 Å². The van der Waals surface area contributed by atoms with Crippen molar-refractivity contribution >= 4 is 11.6 Å². The molecule has 2 heterocycles. The largest absolute Gasteiger partial charge is 0.396 e. The third kappa shape index (κ3) is 2.53. The van der Waals surface area contributed by atoms with Crippen LogP contribution in [-0.2, 0) is 4.79 Å². The number of hydrogen-bond acceptors (Lipinski definition) is 4. The number of amidine groups is 1. The summed E-state index contributed by atoms with van der Waals surface area (Å²) in [5.41, 5.74) is 6.89. The molecule has 2 fully saturated rings. The lowest BCUT2D eigenvalue weighted by Gasteiger charge is -2.34. The second-order valence-electron chi connectivity index (χ2n) is 5.93. The van der Waals surface area contributed by atoms with Gasteiger partial charge in [0.1, 0.15) is 11.6 Å². The van der Waals surface area contributed by atoms with Gasteiger partial charge in [0.25, 0.3) is 0 Å². The van der Waals surface area contributed by atoms with Gasteiger partial charge >= 0.3 is 0 Å². The molecule has 1 saturated carbocycles. The Morgan fingerprint density at radius 2 is 1.89 bits per heavy atom. The standard InChI is InChI=1S/C15H23N3O/c16-12-10-11-13(6-5-7-14(11)19)17-15(12)18-8-3-1-2-4-9-18/h10-11,13H,1-9,16H2. The summed E-state index contributed by atoms with van der Waals surface area (Å²) in [6.07, 6.45) is 9.72. The van der Waals surface area contributed by atoms with Crippen molar-refractivity contribution < 1.29 is 4.79 Å². The van der Waals surface area contributed by atoms with Crippen LogP contribution in [0.4, 0.5) is 0 Å². The van der Waals surface area contributed by atoms with E-state index in [4.69, 9.17) is 10.7 Å². The molecule has 1 saturated heterocycles. The first-order chi connectivity index (χ1) is 9.25. The van der Waals surface area contributed by atoms with Crippen molar-refractivity contribution in [2.45, 2.75) is 51.0 Å². The van der Waals surface area contributed by atoms with Gasteiger partial charge in [0.05, 0.1) is 17.7 Å². The van der Waals surface area contributed by atoms with Crippen LogP contribution in [0.2, 0.25) is 0 Å². The summed E-state index contributed by atoms with van der Waals surface area (Å²) in [5.74, 6) is 1.22. The summed E-state index contributed by atoms with van der Waals surface area (Å²) < 4.78 is 0. The van der Waals surface area contributed by atoms with E-state index in [1.807, 2.05) is 6.08 Å². The van der Waals surface area contributed by atoms with Crippen molar-refractivity contribution in [2.75, 3.05) is 13.1 Å². The number of hydrogen-bond donors (Lipinski definition) is 1. The summed E-state index contributed by atoms with van der Waals surface area (Å²) in [5, 5.41) is 0. The van der Waals surface area contributed by atoms with E-state index in [1.165, 1.54) is 25.7 Å². The fraction of sp³-hybridized carbons (Fsp3) is 0.733. The lowest BCUT2D eigenvalue weighted by atomic mass is 9.81. The Morgan fingerprint density at radius 3 is 2.63 bits per heavy atom. The number of ketones is 1. The number of nitrogens with zero attached hydrogens (tertiary/aromatic N) is 2. The van der Waals surface area contributed by atoms with Gasteiger partial charge < -0.3 is 10.6 Å². The summed E-state index contributed by atoms with van der Waals surface area (Å²) in [6, 6.07) is 0.145. The van der Waals surface area contributed by atoms with Crippen molar-refractivity contribution in [3.8, 4) is 0 Å². The van der Waals surface area contributed by atoms with E-state index in [1.54, 1.807) is 0 Å². The Bertz CT molecular complexity index is 419. The highest BCUT2D eigenvalue weighted by Crippen LogP contribution is 2.30. The lowest BCUT2D eigenvalue weighted by Crippen LogP contribution is -2.42. The van der Waals surface area contributed by atoms with Crippen LogP contribution in [-0.4, -0.2) is 35.7 Å². The van der Waals surface area contributed by atoms with Crippen molar-refractivity contribution in [3.63, 3.8) is 0 Å². The fourth-order valence-corrected chi connectivity index (χ4v) is 3.44. The van der Waals surface area contributed by atoms with E-state index in [-0.39, 0.29) is 12.0 Å². The first-order valence-corrected chi connectivity index (χ1v) is 7.59. The van der Waals surface area contributed by atoms with Gasteiger partial charge in [0, 0.05) is 19.5 Å². The van der Waals surface area contributed by atoms with Gasteiger partial charge in [-0.1, -0.05) is 12.8 Å². The Kier molecular flexibility index (Phi) is 3.58. The van der Waals surface area contributed by atoms with Gasteiger partial charge in [-0.2, -0.15) is 0 Å². The smallest absolute Gasteiger partial charge is 0.147 e. The molecular weight excluding hydrogens is 238 g/mol. The Morgan fingerprint density at radius 1 is 1.16 bits per heavy atom. The van der Waals surface area contributed by atoms with E-state index in [0.717, 1.165) is 37.5 Å². The number of dihydropyridines is 1. The highest BCUT2D eigenvalue weighted by molar-refractivity contribution is 6.00. The highest BCUT2D eigenvalue weighted by Gasteiger charge is 2.34. The van der Waals surface area contributed by atoms with Crippen LogP contribution in [0.3, 0.4) is 0 Å². The van der Waals surface area contributed by atoms with E-state index in [2.05, 4.69) is 4.90 Å². The monoisotopic (exact) mass is 261 g/mol. The Balaban J connectivity index is 1.81. The molecule has 104 valence electrons. The molecule has 3 aliphatic rings. The van der Waals surface area contributed by atoms with Gasteiger partial charge in [-0.15, -0.1) is 0 Å². The molecule has 0 bridgehead atoms. The van der Waals surface area contributed by atoms with Crippen LogP contribution in [0.25, 0.3) is 0 Å². The molecule has 0 aromatic heterocycles. The third-order valence-electron chi connectivity index (χ3n) is 4.52. The highest BCUT2D eigenvalue weighted by atomic mass is 16.1. The number of carbonyl (C=O) groups is 1. The van der Waals surface area contributed by atoms with Crippen molar-refractivity contribution in [3.05, 3.63) is 11.8 Å². The summed E-state index contributed by atoms with van der Waals surface area (Å²) in [7, 11) is 0. The zero-order valence-electron chi connectivity index (χ0n) is 11.5. The SMILES string of the molecule is NC1=CC2C(=O)CCCC2N=C1N1CCCCCC1. The van der Waals surface area contributed by atoms with Gasteiger partial charge in [-0.3, -0.25) is 9.79 Å². The van der Waals surface area contributed by atoms with Crippen LogP contribution in [0, 0.1) is 5.92 Å². The van der Waals surface area contributed by atoms with E-state index >= 15 is 0 Å². The second-order valence-corrected chi connectivity index (χ2v) is 5.93. The van der Waals surface area contributed by atoms with Gasteiger partial charge in [0.15, 0.2) is 0 Å². The first kappa shape index (κ1) is 12.7. The van der Waals surface area contributed by atoms with E-state index in [0.29, 0.717) is 12.2 Å². The Labute approximate surface area is 114 Å². The zero-order valence-corrected chi connectivity index (χ0v) is 11.5. The van der Waals surface area contributed by atoms with Crippen molar-refractivity contribution in [1.82, 2.24) is 4.90 Å². The zero-order chi connectivity index (χ0) is 13.2. The van der Waals surface area contributed by atoms with Gasteiger partial charge in [0.2, 0.25) is 0 Å². The van der Waals surface area contributed by atoms with Crippen LogP contribution in [0.15, 0.2) is 16.8 Å². The quantitative estimate of drug-likeness (QED) is 0.724. The molecule has 2 unspecified atom stereocenters. The van der Waals surface area contributed by atoms with Gasteiger partial charge in [-0.05, 0) is 31.8 Å². The summed E-state index contributed by atoms with van der Waals surface area (Å²) in [4.78, 5) is 19.1. The normalized spacial score (nSPS) is 32.2. The molecule has 0 aromatic rings. The fourth-order valence-electron chi connectivity index (χ4n) is 3.44. The molecule has 0 amide bonds. The van der Waals surface area contributed by atoms with E-state index < -0.39 is 0 Å². The van der Waals surface area contributed by atoms with Crippen molar-refractivity contribution in [1.29, 1.82) is 0 Å². The third-order valence-corrected chi connectivity index (χ3v) is 4.52. The molecule has 0 spiro atoms. The maximum atomic E-state index is 11.9. The molecule has 2 aliphatic heterocycles. The average Bonchev–Trinajstić information content (AvgIpc) is 2.68. The number of likely N-dealkylation sites (tertiary alicyclic amines) is 1. The number of nitrogens with two attached hydrogens (primary N) is 1. The van der Waals surface area contributed by atoms with Crippen LogP contribution in [0.5, 0.6) is 0 Å². The molecule has 0 aromatic carbocycles. The second kappa shape index (κ2) is 5.35. The molecule has 2 atom stereocenters. The topological polar surface area (TPSA) is 58.7 Å². The maximum Gasteiger partial charge on any atom is 0.147 e. The minimum absolute atomic E-state index is 0.0514. The molecule has 3 rings (SSSR count). The van der Waals surface area contributed by atoms with Gasteiger partial charge in [-0.25, -0.2) is 0 Å². The lowest BCUT2D eigenvalue weighted by molar-refractivity contribution is -0.123. The molecule has 1 aliphatic carbocycles. The summed E-state index contributed by atoms with van der Waals surface area (Å²) >= 11 is 0. The number of Topliss-reactive ketones (excluding diaryl/α,β-unsaturated/α-hetero) is 1. The number of aliphatic imine (C=N–C) groups is 1. The molecule has 2 N–H and O–H groups in total. The first-order valence-electron chi connectivity index (χ1n) is 7.59. The predicted molar refractivity (Wildman–Crippen MR) is 75.9 cm³/mol. The van der Waals surface area contributed by atoms with Crippen molar-refractivity contribution in [2.24, 2.45) is 16.6 Å². The summed E-state index contributed by atoms with van der Waals surface area (Å²) in [6.45, 7) is 2.11. The maximum absolute atomic E-state index is 11.9. The number of carbonyl (C=O) groups excluding carboxylic acids is 1. The number of fused-ring (bicyclic) bond motifs is 1. The molecule has 0 radical (unpaired) electrons. The van der Waals surface area contributed by atoms with Crippen LogP contribution in [0.1, 0.15) is 44.9 Å². The van der Waals surface area contributed by atoms with E-state index in [9.17, 15) is 4.79 Å². The average molecular weight is 261 g/mol. The molecule has 19 heavy (non-hydrogen) atoms. The number of rotatable bonds is 0. The molecular formula is C15H23N3O. The minimum atomic E-state index is -0.0514. The minimum Gasteiger partial charge on any atom is -0.396 e. The molecule has 4 heteroatoms. The van der Waals surface area contributed by atoms with Crippen LogP contribution >= 0.6 is 0 Å². The predicted octanol–water partition coefficient (Wildman–Crippen LogP) is 1.85.